The van der Waals surface area contributed by atoms with E-state index >= 15 is 0 Å². The van der Waals surface area contributed by atoms with Gasteiger partial charge in [-0.1, -0.05) is 43.1 Å². The first-order chi connectivity index (χ1) is 17.8. The van der Waals surface area contributed by atoms with Gasteiger partial charge < -0.3 is 9.51 Å². The van der Waals surface area contributed by atoms with Gasteiger partial charge in [0.2, 0.25) is 11.7 Å². The minimum atomic E-state index is -4.48. The molecule has 0 amide bonds. The molecular weight excluding hydrogens is 557 g/mol. The van der Waals surface area contributed by atoms with E-state index in [1.807, 2.05) is 4.57 Å². The Balaban J connectivity index is 1.39. The molecule has 5 aromatic rings. The predicted molar refractivity (Wildman–Crippen MR) is 130 cm³/mol. The van der Waals surface area contributed by atoms with Crippen molar-refractivity contribution in [3.8, 4) is 0 Å². The molecule has 0 atom stereocenters. The molecule has 0 bridgehead atoms. The van der Waals surface area contributed by atoms with Gasteiger partial charge >= 0.3 is 6.18 Å². The number of unbranched alkanes of at least 4 members (excludes halogenated alkanes) is 2. The van der Waals surface area contributed by atoms with Gasteiger partial charge in [-0.3, -0.25) is 9.36 Å². The van der Waals surface area contributed by atoms with Crippen LogP contribution in [0, 0.1) is 0 Å². The third-order valence-corrected chi connectivity index (χ3v) is 6.39. The van der Waals surface area contributed by atoms with E-state index in [4.69, 9.17) is 4.52 Å². The van der Waals surface area contributed by atoms with Crippen LogP contribution in [0.5, 0.6) is 0 Å². The minimum absolute atomic E-state index is 0.0594. The first kappa shape index (κ1) is 25.1. The molecule has 1 N–H and O–H groups in total. The number of fused-ring (bicyclic) bond motifs is 2. The van der Waals surface area contributed by atoms with Crippen molar-refractivity contribution in [1.29, 1.82) is 0 Å². The van der Waals surface area contributed by atoms with Gasteiger partial charge in [0.15, 0.2) is 21.7 Å². The molecule has 0 saturated heterocycles. The highest BCUT2D eigenvalue weighted by Gasteiger charge is 2.33. The summed E-state index contributed by atoms with van der Waals surface area (Å²) in [5.74, 6) is 1.15. The molecule has 1 aromatic carbocycles. The Morgan fingerprint density at radius 3 is 2.70 bits per heavy atom. The number of H-pyrrole nitrogens is 1. The van der Waals surface area contributed by atoms with E-state index in [1.54, 1.807) is 0 Å². The zero-order valence-electron chi connectivity index (χ0n) is 19.7. The molecule has 0 fully saturated rings. The van der Waals surface area contributed by atoms with Crippen molar-refractivity contribution < 1.29 is 17.7 Å². The van der Waals surface area contributed by atoms with Gasteiger partial charge in [-0.2, -0.15) is 18.2 Å². The van der Waals surface area contributed by atoms with Crippen LogP contribution in [0.25, 0.3) is 16.9 Å². The van der Waals surface area contributed by atoms with Gasteiger partial charge in [0.25, 0.3) is 5.56 Å². The van der Waals surface area contributed by atoms with Crippen LogP contribution in [0.2, 0.25) is 0 Å². The number of hydrogen-bond acceptors (Lipinski definition) is 7. The Bertz CT molecular complexity index is 1620. The Kier molecular flexibility index (Phi) is 6.84. The number of alkyl halides is 3. The van der Waals surface area contributed by atoms with E-state index in [0.29, 0.717) is 34.0 Å². The molecule has 194 valence electrons. The van der Waals surface area contributed by atoms with Gasteiger partial charge in [0.1, 0.15) is 5.82 Å². The molecule has 0 radical (unpaired) electrons. The summed E-state index contributed by atoms with van der Waals surface area (Å²) >= 11 is 3.30. The molecular formula is C23H22BrF3N8O2. The molecule has 5 rings (SSSR count). The quantitative estimate of drug-likeness (QED) is 0.202. The van der Waals surface area contributed by atoms with Crippen LogP contribution in [0.1, 0.15) is 54.9 Å². The summed E-state index contributed by atoms with van der Waals surface area (Å²) in [6, 6.07) is 5.29. The topological polar surface area (TPSA) is 120 Å². The van der Waals surface area contributed by atoms with E-state index in [9.17, 15) is 18.0 Å². The number of aryl methyl sites for hydroxylation is 3. The van der Waals surface area contributed by atoms with Crippen LogP contribution in [0.3, 0.4) is 0 Å². The monoisotopic (exact) mass is 578 g/mol. The lowest BCUT2D eigenvalue weighted by Gasteiger charge is -2.10. The van der Waals surface area contributed by atoms with Gasteiger partial charge in [-0.05, 0) is 34.0 Å². The Morgan fingerprint density at radius 2 is 1.92 bits per heavy atom. The molecule has 4 aromatic heterocycles. The summed E-state index contributed by atoms with van der Waals surface area (Å²) in [6.07, 6.45) is -1.17. The van der Waals surface area contributed by atoms with Crippen LogP contribution < -0.4 is 5.56 Å². The van der Waals surface area contributed by atoms with Crippen LogP contribution in [-0.4, -0.2) is 39.3 Å². The molecule has 0 aliphatic carbocycles. The second-order valence-corrected chi connectivity index (χ2v) is 9.33. The summed E-state index contributed by atoms with van der Waals surface area (Å²) in [6.45, 7) is 2.73. The predicted octanol–water partition coefficient (Wildman–Crippen LogP) is 4.50. The van der Waals surface area contributed by atoms with Crippen LogP contribution in [0.15, 0.2) is 38.3 Å². The van der Waals surface area contributed by atoms with E-state index in [1.165, 1.54) is 22.6 Å². The minimum Gasteiger partial charge on any atom is -0.339 e. The third kappa shape index (κ3) is 5.02. The lowest BCUT2D eigenvalue weighted by atomic mass is 10.0. The lowest BCUT2D eigenvalue weighted by molar-refractivity contribution is -0.138. The number of rotatable bonds is 9. The fraction of sp³-hybridized carbons (Fsp3) is 0.391. The molecule has 4 heterocycles. The summed E-state index contributed by atoms with van der Waals surface area (Å²) in [7, 11) is 0. The molecule has 0 saturated carbocycles. The lowest BCUT2D eigenvalue weighted by Crippen LogP contribution is -2.21. The van der Waals surface area contributed by atoms with E-state index in [-0.39, 0.29) is 42.1 Å². The number of imidazole rings is 1. The third-order valence-electron chi connectivity index (χ3n) is 6.01. The van der Waals surface area contributed by atoms with Crippen LogP contribution in [0.4, 0.5) is 13.2 Å². The molecule has 0 aliphatic heterocycles. The standard InChI is InChI=1S/C23H22BrF3N8O2/c1-2-3-6-11-34-19-18(29-21(24)30-19)20(36)35-16(31-32-22(34)35)9-10-17-28-15(33-37-17)12-13-7-4-5-8-14(13)23(25,26)27/h4-5,7-8H,2-3,6,9-12H2,1H3,(H,29,30). The summed E-state index contributed by atoms with van der Waals surface area (Å²) < 4.78 is 48.9. The van der Waals surface area contributed by atoms with Crippen molar-refractivity contribution in [2.75, 3.05) is 0 Å². The van der Waals surface area contributed by atoms with Crippen molar-refractivity contribution in [1.82, 2.24) is 39.3 Å². The van der Waals surface area contributed by atoms with E-state index in [0.717, 1.165) is 25.3 Å². The highest BCUT2D eigenvalue weighted by molar-refractivity contribution is 9.10. The number of aromatic amines is 1. The normalized spacial score (nSPS) is 12.2. The molecule has 10 nitrogen and oxygen atoms in total. The van der Waals surface area contributed by atoms with Crippen molar-refractivity contribution in [2.45, 2.75) is 58.2 Å². The van der Waals surface area contributed by atoms with Crippen LogP contribution >= 0.6 is 15.9 Å². The summed E-state index contributed by atoms with van der Waals surface area (Å²) in [4.78, 5) is 24.8. The zero-order chi connectivity index (χ0) is 26.2. The molecule has 14 heteroatoms. The van der Waals surface area contributed by atoms with Crippen molar-refractivity contribution in [3.63, 3.8) is 0 Å². The van der Waals surface area contributed by atoms with E-state index < -0.39 is 11.7 Å². The van der Waals surface area contributed by atoms with Gasteiger partial charge in [-0.15, -0.1) is 10.2 Å². The second kappa shape index (κ2) is 10.1. The average Bonchev–Trinajstić information content (AvgIpc) is 3.58. The van der Waals surface area contributed by atoms with Crippen molar-refractivity contribution in [3.05, 3.63) is 68.0 Å². The highest BCUT2D eigenvalue weighted by Crippen LogP contribution is 2.32. The largest absolute Gasteiger partial charge is 0.416 e. The molecule has 0 unspecified atom stereocenters. The number of aromatic nitrogens is 8. The smallest absolute Gasteiger partial charge is 0.339 e. The number of hydrogen-bond donors (Lipinski definition) is 1. The first-order valence-electron chi connectivity index (χ1n) is 11.7. The fourth-order valence-electron chi connectivity index (χ4n) is 4.27. The van der Waals surface area contributed by atoms with Gasteiger partial charge in [0.05, 0.1) is 5.56 Å². The zero-order valence-corrected chi connectivity index (χ0v) is 21.3. The molecule has 37 heavy (non-hydrogen) atoms. The van der Waals surface area contributed by atoms with Crippen molar-refractivity contribution >= 4 is 32.9 Å². The fourth-order valence-corrected chi connectivity index (χ4v) is 4.63. The number of nitrogens with zero attached hydrogens (tertiary/aromatic N) is 7. The summed E-state index contributed by atoms with van der Waals surface area (Å²) in [5, 5.41) is 12.3. The number of benzene rings is 1. The van der Waals surface area contributed by atoms with Crippen LogP contribution in [-0.2, 0) is 32.0 Å². The number of halogens is 4. The molecule has 0 aliphatic rings. The Hall–Kier alpha value is -3.55. The number of nitrogens with one attached hydrogen (secondary N) is 1. The maximum atomic E-state index is 13.3. The SMILES string of the molecule is CCCCCn1c2nc(Br)[nH]c2c(=O)n2c(CCc3nc(Cc4ccccc4C(F)(F)F)no3)nnc12. The van der Waals surface area contributed by atoms with E-state index in [2.05, 4.69) is 53.2 Å². The van der Waals surface area contributed by atoms with Crippen molar-refractivity contribution in [2.24, 2.45) is 0 Å². The first-order valence-corrected chi connectivity index (χ1v) is 12.5. The maximum absolute atomic E-state index is 13.3. The van der Waals surface area contributed by atoms with Gasteiger partial charge in [0, 0.05) is 25.8 Å². The van der Waals surface area contributed by atoms with Gasteiger partial charge in [-0.25, -0.2) is 9.38 Å². The Morgan fingerprint density at radius 1 is 1.11 bits per heavy atom. The molecule has 0 spiro atoms. The average molecular weight is 579 g/mol. The Labute approximate surface area is 216 Å². The maximum Gasteiger partial charge on any atom is 0.416 e. The second-order valence-electron chi connectivity index (χ2n) is 8.58. The highest BCUT2D eigenvalue weighted by atomic mass is 79.9. The summed E-state index contributed by atoms with van der Waals surface area (Å²) in [5.41, 5.74) is -0.169.